The number of ketones is 1. The molecule has 0 saturated heterocycles. The molecule has 2 unspecified atom stereocenters. The third kappa shape index (κ3) is 5.52. The molecule has 0 amide bonds. The molecule has 2 rings (SSSR count). The molecule has 2 aromatic rings. The molecule has 0 aliphatic heterocycles. The van der Waals surface area contributed by atoms with Crippen LogP contribution in [0.5, 0.6) is 0 Å². The predicted molar refractivity (Wildman–Crippen MR) is 105 cm³/mol. The van der Waals surface area contributed by atoms with Gasteiger partial charge in [-0.05, 0) is 53.5 Å². The van der Waals surface area contributed by atoms with E-state index >= 15 is 0 Å². The number of benzene rings is 1. The average molecular weight is 443 g/mol. The van der Waals surface area contributed by atoms with Crippen LogP contribution in [0.15, 0.2) is 44.9 Å². The lowest BCUT2D eigenvalue weighted by atomic mass is 10.2. The highest BCUT2D eigenvalue weighted by molar-refractivity contribution is 9.10. The zero-order valence-electron chi connectivity index (χ0n) is 14.1. The second-order valence-electron chi connectivity index (χ2n) is 5.47. The molecular formula is C16H19BrN4O2S2. The second kappa shape index (κ2) is 8.29. The van der Waals surface area contributed by atoms with Crippen molar-refractivity contribution in [3.8, 4) is 0 Å². The number of hydrogen-bond donors (Lipinski definition) is 2. The number of hydrogen-bond acceptors (Lipinski definition) is 7. The molecular weight excluding hydrogens is 424 g/mol. The first-order chi connectivity index (χ1) is 11.7. The van der Waals surface area contributed by atoms with Gasteiger partial charge in [0.1, 0.15) is 10.8 Å². The normalized spacial score (nSPS) is 14.6. The minimum absolute atomic E-state index is 0.113. The molecule has 6 nitrogen and oxygen atoms in total. The Hall–Kier alpha value is -1.45. The van der Waals surface area contributed by atoms with E-state index in [2.05, 4.69) is 31.2 Å². The van der Waals surface area contributed by atoms with Gasteiger partial charge in [0.2, 0.25) is 5.95 Å². The number of nitrogens with zero attached hydrogens (tertiary/aromatic N) is 2. The molecule has 25 heavy (non-hydrogen) atoms. The number of aromatic nitrogens is 2. The van der Waals surface area contributed by atoms with Gasteiger partial charge < -0.3 is 5.32 Å². The van der Waals surface area contributed by atoms with Crippen molar-refractivity contribution in [2.24, 2.45) is 0 Å². The molecule has 0 aliphatic rings. The Morgan fingerprint density at radius 1 is 1.40 bits per heavy atom. The number of Topliss-reactive ketones (excluding diaryl/α,β-unsaturated/α-hetero) is 1. The predicted octanol–water partition coefficient (Wildman–Crippen LogP) is 4.48. The van der Waals surface area contributed by atoms with Crippen LogP contribution in [0.4, 0.5) is 11.6 Å². The number of nitrogens with one attached hydrogen (secondary N) is 2. The van der Waals surface area contributed by atoms with Gasteiger partial charge in [0.05, 0.1) is 19.5 Å². The maximum atomic E-state index is 11.7. The Balaban J connectivity index is 2.20. The largest absolute Gasteiger partial charge is 0.324 e. The molecule has 2 atom stereocenters. The van der Waals surface area contributed by atoms with Crippen LogP contribution < -0.4 is 5.32 Å². The molecule has 0 fully saturated rings. The van der Waals surface area contributed by atoms with E-state index in [-0.39, 0.29) is 11.0 Å². The molecule has 0 bridgehead atoms. The molecule has 0 saturated carbocycles. The fourth-order valence-electron chi connectivity index (χ4n) is 2.01. The van der Waals surface area contributed by atoms with E-state index in [4.69, 9.17) is 4.78 Å². The van der Waals surface area contributed by atoms with Crippen LogP contribution in [-0.4, -0.2) is 31.5 Å². The summed E-state index contributed by atoms with van der Waals surface area (Å²) >= 11 is 4.82. The highest BCUT2D eigenvalue weighted by Crippen LogP contribution is 2.31. The van der Waals surface area contributed by atoms with Gasteiger partial charge >= 0.3 is 0 Å². The van der Waals surface area contributed by atoms with Crippen LogP contribution in [0.3, 0.4) is 0 Å². The van der Waals surface area contributed by atoms with Crippen molar-refractivity contribution in [3.63, 3.8) is 0 Å². The zero-order valence-corrected chi connectivity index (χ0v) is 17.3. The van der Waals surface area contributed by atoms with Crippen molar-refractivity contribution in [1.82, 2.24) is 9.97 Å². The maximum absolute atomic E-state index is 11.7. The van der Waals surface area contributed by atoms with E-state index in [9.17, 15) is 9.00 Å². The third-order valence-electron chi connectivity index (χ3n) is 3.35. The van der Waals surface area contributed by atoms with E-state index in [1.165, 1.54) is 18.0 Å². The van der Waals surface area contributed by atoms with E-state index in [1.807, 2.05) is 6.92 Å². The summed E-state index contributed by atoms with van der Waals surface area (Å²) in [7, 11) is -2.73. The summed E-state index contributed by atoms with van der Waals surface area (Å²) in [6.45, 7) is 3.54. The van der Waals surface area contributed by atoms with Gasteiger partial charge in [-0.3, -0.25) is 4.79 Å². The molecule has 9 heteroatoms. The number of carbonyl (C=O) groups is 1. The van der Waals surface area contributed by atoms with E-state index in [1.54, 1.807) is 37.4 Å². The van der Waals surface area contributed by atoms with Gasteiger partial charge in [-0.15, -0.1) is 0 Å². The molecule has 1 heterocycles. The van der Waals surface area contributed by atoms with Gasteiger partial charge in [0.15, 0.2) is 0 Å². The Labute approximate surface area is 160 Å². The molecule has 0 radical (unpaired) electrons. The summed E-state index contributed by atoms with van der Waals surface area (Å²) in [6.07, 6.45) is 3.75. The Kier molecular flexibility index (Phi) is 6.59. The zero-order chi connectivity index (χ0) is 18.6. The van der Waals surface area contributed by atoms with Gasteiger partial charge in [-0.2, -0.15) is 0 Å². The lowest BCUT2D eigenvalue weighted by Gasteiger charge is -2.12. The summed E-state index contributed by atoms with van der Waals surface area (Å²) in [6, 6.07) is 6.76. The lowest BCUT2D eigenvalue weighted by molar-refractivity contribution is -0.116. The minimum atomic E-state index is -2.73. The molecule has 0 spiro atoms. The number of anilines is 2. The molecule has 2 N–H and O–H groups in total. The molecule has 1 aromatic heterocycles. The first-order valence-electron chi connectivity index (χ1n) is 7.51. The SMILES string of the molecule is CCC(Sc1nc(Nc2ccc(S(C)(=N)=O)cc2)ncc1Br)C(C)=O. The summed E-state index contributed by atoms with van der Waals surface area (Å²) < 4.78 is 20.0. The van der Waals surface area contributed by atoms with Crippen molar-refractivity contribution in [2.45, 2.75) is 35.4 Å². The van der Waals surface area contributed by atoms with Crippen molar-refractivity contribution in [2.75, 3.05) is 11.6 Å². The second-order valence-corrected chi connectivity index (χ2v) is 9.67. The van der Waals surface area contributed by atoms with E-state index < -0.39 is 9.73 Å². The summed E-state index contributed by atoms with van der Waals surface area (Å²) in [5, 5.41) is 3.62. The van der Waals surface area contributed by atoms with Crippen LogP contribution in [0, 0.1) is 4.78 Å². The molecule has 0 aliphatic carbocycles. The third-order valence-corrected chi connectivity index (χ3v) is 6.85. The van der Waals surface area contributed by atoms with E-state index in [0.717, 1.165) is 16.6 Å². The summed E-state index contributed by atoms with van der Waals surface area (Å²) in [4.78, 5) is 20.8. The van der Waals surface area contributed by atoms with Crippen molar-refractivity contribution >= 4 is 54.8 Å². The Morgan fingerprint density at radius 3 is 2.56 bits per heavy atom. The Morgan fingerprint density at radius 2 is 2.04 bits per heavy atom. The van der Waals surface area contributed by atoms with Crippen LogP contribution in [-0.2, 0) is 14.5 Å². The van der Waals surface area contributed by atoms with Gasteiger partial charge in [-0.25, -0.2) is 19.0 Å². The smallest absolute Gasteiger partial charge is 0.228 e. The number of carbonyl (C=O) groups excluding carboxylic acids is 1. The molecule has 1 aromatic carbocycles. The fraction of sp³-hybridized carbons (Fsp3) is 0.312. The lowest BCUT2D eigenvalue weighted by Crippen LogP contribution is -2.12. The fourth-order valence-corrected chi connectivity index (χ4v) is 4.04. The van der Waals surface area contributed by atoms with Crippen molar-refractivity contribution in [3.05, 3.63) is 34.9 Å². The topological polar surface area (TPSA) is 95.8 Å². The highest BCUT2D eigenvalue weighted by atomic mass is 79.9. The monoisotopic (exact) mass is 442 g/mol. The van der Waals surface area contributed by atoms with Gasteiger partial charge in [0.25, 0.3) is 0 Å². The van der Waals surface area contributed by atoms with Crippen molar-refractivity contribution in [1.29, 1.82) is 4.78 Å². The van der Waals surface area contributed by atoms with Crippen LogP contribution in [0.2, 0.25) is 0 Å². The van der Waals surface area contributed by atoms with Crippen molar-refractivity contribution < 1.29 is 9.00 Å². The Bertz CT molecular complexity index is 870. The minimum Gasteiger partial charge on any atom is -0.324 e. The highest BCUT2D eigenvalue weighted by Gasteiger charge is 2.17. The number of halogens is 1. The maximum Gasteiger partial charge on any atom is 0.228 e. The summed E-state index contributed by atoms with van der Waals surface area (Å²) in [5.41, 5.74) is 0.726. The van der Waals surface area contributed by atoms with Gasteiger partial charge in [-0.1, -0.05) is 18.7 Å². The quantitative estimate of drug-likeness (QED) is 0.484. The molecule has 134 valence electrons. The summed E-state index contributed by atoms with van der Waals surface area (Å²) in [5.74, 6) is 0.515. The first kappa shape index (κ1) is 19.9. The van der Waals surface area contributed by atoms with Gasteiger partial charge in [0, 0.05) is 23.0 Å². The standard InChI is InChI=1S/C16H19BrN4O2S2/c1-4-14(10(2)22)24-15-13(17)9-19-16(21-15)20-11-5-7-12(8-6-11)25(3,18)23/h5-9,14,18H,4H2,1-3H3,(H,19,20,21). The van der Waals surface area contributed by atoms with Crippen LogP contribution >= 0.6 is 27.7 Å². The van der Waals surface area contributed by atoms with Crippen LogP contribution in [0.25, 0.3) is 0 Å². The average Bonchev–Trinajstić information content (AvgIpc) is 2.54. The number of thioether (sulfide) groups is 1. The van der Waals surface area contributed by atoms with E-state index in [0.29, 0.717) is 15.9 Å². The number of rotatable bonds is 7. The first-order valence-corrected chi connectivity index (χ1v) is 11.1. The van der Waals surface area contributed by atoms with Crippen LogP contribution in [0.1, 0.15) is 20.3 Å².